The van der Waals surface area contributed by atoms with Gasteiger partial charge in [-0.3, -0.25) is 4.79 Å². The average Bonchev–Trinajstić information content (AvgIpc) is 2.86. The average molecular weight is 241 g/mol. The minimum Gasteiger partial charge on any atom is -0.477 e. The molecule has 96 valence electrons. The maximum absolute atomic E-state index is 11.7. The van der Waals surface area contributed by atoms with Gasteiger partial charge >= 0.3 is 5.97 Å². The first-order valence-corrected chi connectivity index (χ1v) is 5.61. The van der Waals surface area contributed by atoms with Crippen molar-refractivity contribution in [3.05, 3.63) is 11.8 Å². The van der Waals surface area contributed by atoms with Crippen molar-refractivity contribution in [1.29, 1.82) is 0 Å². The standard InChI is InChI=1S/C12H19NO4/c1-12(2)7-8(12)10(14)13-9(11(15)16)5-4-6-17-3/h5,8H,4,6-7H2,1-3H3,(H,13,14)(H,15,16)/b9-5+. The zero-order chi connectivity index (χ0) is 13.1. The van der Waals surface area contributed by atoms with E-state index in [9.17, 15) is 9.59 Å². The fourth-order valence-corrected chi connectivity index (χ4v) is 1.65. The second-order valence-corrected chi connectivity index (χ2v) is 4.94. The number of aliphatic carboxylic acids is 1. The van der Waals surface area contributed by atoms with Crippen molar-refractivity contribution in [2.45, 2.75) is 26.7 Å². The number of carbonyl (C=O) groups is 2. The van der Waals surface area contributed by atoms with Crippen LogP contribution < -0.4 is 5.32 Å². The molecular weight excluding hydrogens is 222 g/mol. The summed E-state index contributed by atoms with van der Waals surface area (Å²) in [4.78, 5) is 22.6. The second kappa shape index (κ2) is 5.31. The zero-order valence-corrected chi connectivity index (χ0v) is 10.4. The van der Waals surface area contributed by atoms with E-state index < -0.39 is 5.97 Å². The Morgan fingerprint density at radius 3 is 2.53 bits per heavy atom. The Morgan fingerprint density at radius 1 is 1.53 bits per heavy atom. The fourth-order valence-electron chi connectivity index (χ4n) is 1.65. The summed E-state index contributed by atoms with van der Waals surface area (Å²) in [5.74, 6) is -1.40. The lowest BCUT2D eigenvalue weighted by Gasteiger charge is -2.07. The molecule has 2 N–H and O–H groups in total. The van der Waals surface area contributed by atoms with Crippen molar-refractivity contribution in [3.63, 3.8) is 0 Å². The van der Waals surface area contributed by atoms with Crippen LogP contribution in [0.3, 0.4) is 0 Å². The number of hydrogen-bond acceptors (Lipinski definition) is 3. The molecular formula is C12H19NO4. The van der Waals surface area contributed by atoms with E-state index in [2.05, 4.69) is 5.32 Å². The van der Waals surface area contributed by atoms with Gasteiger partial charge in [0.15, 0.2) is 0 Å². The summed E-state index contributed by atoms with van der Waals surface area (Å²) in [5.41, 5.74) is -0.0602. The number of amides is 1. The molecule has 1 rings (SSSR count). The zero-order valence-electron chi connectivity index (χ0n) is 10.4. The Morgan fingerprint density at radius 2 is 2.12 bits per heavy atom. The lowest BCUT2D eigenvalue weighted by molar-refractivity contribution is -0.135. The summed E-state index contributed by atoms with van der Waals surface area (Å²) >= 11 is 0. The quantitative estimate of drug-likeness (QED) is 0.540. The maximum atomic E-state index is 11.7. The van der Waals surface area contributed by atoms with Crippen LogP contribution >= 0.6 is 0 Å². The Hall–Kier alpha value is -1.36. The predicted molar refractivity (Wildman–Crippen MR) is 62.2 cm³/mol. The van der Waals surface area contributed by atoms with E-state index in [1.807, 2.05) is 13.8 Å². The topological polar surface area (TPSA) is 75.6 Å². The molecule has 1 atom stereocenters. The van der Waals surface area contributed by atoms with E-state index >= 15 is 0 Å². The van der Waals surface area contributed by atoms with Gasteiger partial charge in [0.05, 0.1) is 0 Å². The monoisotopic (exact) mass is 241 g/mol. The molecule has 0 radical (unpaired) electrons. The SMILES string of the molecule is COCC/C=C(/NC(=O)C1CC1(C)C)C(=O)O. The number of carboxylic acids is 1. The highest BCUT2D eigenvalue weighted by Crippen LogP contribution is 2.51. The molecule has 0 heterocycles. The first-order chi connectivity index (χ1) is 7.88. The number of nitrogens with one attached hydrogen (secondary N) is 1. The van der Waals surface area contributed by atoms with Crippen molar-refractivity contribution >= 4 is 11.9 Å². The summed E-state index contributed by atoms with van der Waals surface area (Å²) in [6.45, 7) is 4.42. The van der Waals surface area contributed by atoms with Gasteiger partial charge in [0.2, 0.25) is 5.91 Å². The van der Waals surface area contributed by atoms with Crippen molar-refractivity contribution in [3.8, 4) is 0 Å². The third kappa shape index (κ3) is 3.85. The first kappa shape index (κ1) is 13.7. The Balaban J connectivity index is 2.53. The van der Waals surface area contributed by atoms with Crippen LogP contribution in [0, 0.1) is 11.3 Å². The van der Waals surface area contributed by atoms with Gasteiger partial charge < -0.3 is 15.2 Å². The van der Waals surface area contributed by atoms with E-state index in [4.69, 9.17) is 9.84 Å². The van der Waals surface area contributed by atoms with Gasteiger partial charge in [-0.1, -0.05) is 19.9 Å². The number of rotatable bonds is 6. The molecule has 0 spiro atoms. The summed E-state index contributed by atoms with van der Waals surface area (Å²) in [6, 6.07) is 0. The van der Waals surface area contributed by atoms with Crippen LogP contribution in [0.5, 0.6) is 0 Å². The maximum Gasteiger partial charge on any atom is 0.352 e. The van der Waals surface area contributed by atoms with Gasteiger partial charge in [-0.2, -0.15) is 0 Å². The summed E-state index contributed by atoms with van der Waals surface area (Å²) < 4.78 is 4.82. The normalized spacial score (nSPS) is 22.1. The molecule has 17 heavy (non-hydrogen) atoms. The smallest absolute Gasteiger partial charge is 0.352 e. The highest BCUT2D eigenvalue weighted by molar-refractivity contribution is 5.94. The Labute approximate surface area is 101 Å². The number of ether oxygens (including phenoxy) is 1. The highest BCUT2D eigenvalue weighted by atomic mass is 16.5. The van der Waals surface area contributed by atoms with Gasteiger partial charge in [0.25, 0.3) is 0 Å². The minimum absolute atomic E-state index is 0.000225. The lowest BCUT2D eigenvalue weighted by Crippen LogP contribution is -2.29. The summed E-state index contributed by atoms with van der Waals surface area (Å²) in [7, 11) is 1.54. The number of hydrogen-bond donors (Lipinski definition) is 2. The van der Waals surface area contributed by atoms with Crippen molar-refractivity contribution in [1.82, 2.24) is 5.32 Å². The molecule has 0 bridgehead atoms. The molecule has 0 aliphatic heterocycles. The molecule has 1 aliphatic carbocycles. The van der Waals surface area contributed by atoms with Crippen molar-refractivity contribution in [2.24, 2.45) is 11.3 Å². The van der Waals surface area contributed by atoms with Crippen LogP contribution in [0.2, 0.25) is 0 Å². The molecule has 0 aromatic carbocycles. The fraction of sp³-hybridized carbons (Fsp3) is 0.667. The van der Waals surface area contributed by atoms with Gasteiger partial charge in [-0.15, -0.1) is 0 Å². The van der Waals surface area contributed by atoms with E-state index in [1.54, 1.807) is 7.11 Å². The molecule has 1 saturated carbocycles. The molecule has 1 amide bonds. The Kier molecular flexibility index (Phi) is 4.28. The van der Waals surface area contributed by atoms with Crippen LogP contribution in [0.1, 0.15) is 26.7 Å². The van der Waals surface area contributed by atoms with Gasteiger partial charge in [-0.05, 0) is 18.3 Å². The molecule has 0 saturated heterocycles. The second-order valence-electron chi connectivity index (χ2n) is 4.94. The van der Waals surface area contributed by atoms with E-state index in [0.717, 1.165) is 6.42 Å². The molecule has 0 aromatic rings. The molecule has 5 heteroatoms. The van der Waals surface area contributed by atoms with Crippen LogP contribution in [-0.4, -0.2) is 30.7 Å². The summed E-state index contributed by atoms with van der Waals surface area (Å²) in [5, 5.41) is 11.4. The van der Waals surface area contributed by atoms with Crippen LogP contribution in [-0.2, 0) is 14.3 Å². The largest absolute Gasteiger partial charge is 0.477 e. The van der Waals surface area contributed by atoms with E-state index in [-0.39, 0.29) is 22.9 Å². The van der Waals surface area contributed by atoms with Crippen LogP contribution in [0.15, 0.2) is 11.8 Å². The van der Waals surface area contributed by atoms with E-state index in [1.165, 1.54) is 6.08 Å². The number of carboxylic acid groups (broad SMARTS) is 1. The lowest BCUT2D eigenvalue weighted by atomic mass is 10.1. The minimum atomic E-state index is -1.12. The van der Waals surface area contributed by atoms with Crippen molar-refractivity contribution < 1.29 is 19.4 Å². The van der Waals surface area contributed by atoms with Crippen LogP contribution in [0.25, 0.3) is 0 Å². The third-order valence-electron chi connectivity index (χ3n) is 2.99. The molecule has 1 fully saturated rings. The van der Waals surface area contributed by atoms with Gasteiger partial charge in [-0.25, -0.2) is 4.79 Å². The number of methoxy groups -OCH3 is 1. The highest BCUT2D eigenvalue weighted by Gasteiger charge is 2.50. The molecule has 0 aromatic heterocycles. The number of carbonyl (C=O) groups excluding carboxylic acids is 1. The molecule has 5 nitrogen and oxygen atoms in total. The van der Waals surface area contributed by atoms with Crippen LogP contribution in [0.4, 0.5) is 0 Å². The third-order valence-corrected chi connectivity index (χ3v) is 2.99. The van der Waals surface area contributed by atoms with Crippen molar-refractivity contribution in [2.75, 3.05) is 13.7 Å². The van der Waals surface area contributed by atoms with Gasteiger partial charge in [0.1, 0.15) is 5.70 Å². The summed E-state index contributed by atoms with van der Waals surface area (Å²) in [6.07, 6.45) is 2.75. The van der Waals surface area contributed by atoms with E-state index in [0.29, 0.717) is 13.0 Å². The van der Waals surface area contributed by atoms with Gasteiger partial charge in [0, 0.05) is 19.6 Å². The molecule has 1 unspecified atom stereocenters. The Bertz CT molecular complexity index is 346. The predicted octanol–water partition coefficient (Wildman–Crippen LogP) is 1.15. The first-order valence-electron chi connectivity index (χ1n) is 5.61. The molecule has 1 aliphatic rings.